The van der Waals surface area contributed by atoms with Crippen molar-refractivity contribution in [2.45, 2.75) is 39.5 Å². The molecule has 0 fully saturated rings. The first-order valence-electron chi connectivity index (χ1n) is 7.40. The van der Waals surface area contributed by atoms with E-state index in [1.807, 2.05) is 26.0 Å². The molecule has 1 amide bonds. The number of hydrogen-bond acceptors (Lipinski definition) is 2. The molecular formula is C17H22ClNO2. The molecule has 114 valence electrons. The number of halogens is 1. The van der Waals surface area contributed by atoms with E-state index in [1.165, 1.54) is 18.4 Å². The van der Waals surface area contributed by atoms with E-state index < -0.39 is 0 Å². The van der Waals surface area contributed by atoms with Crippen LogP contribution in [-0.4, -0.2) is 19.1 Å². The van der Waals surface area contributed by atoms with Gasteiger partial charge in [-0.2, -0.15) is 0 Å². The summed E-state index contributed by atoms with van der Waals surface area (Å²) >= 11 is 6.11. The van der Waals surface area contributed by atoms with Gasteiger partial charge in [0.25, 0.3) is 5.91 Å². The van der Waals surface area contributed by atoms with Crippen LogP contribution in [0.15, 0.2) is 23.8 Å². The Bertz CT molecular complexity index is 529. The summed E-state index contributed by atoms with van der Waals surface area (Å²) in [6.07, 6.45) is 6.94. The minimum absolute atomic E-state index is 0.0355. The van der Waals surface area contributed by atoms with Crippen LogP contribution in [0.2, 0.25) is 5.02 Å². The van der Waals surface area contributed by atoms with Crippen LogP contribution >= 0.6 is 11.6 Å². The number of rotatable bonds is 5. The van der Waals surface area contributed by atoms with Gasteiger partial charge in [-0.25, -0.2) is 0 Å². The zero-order chi connectivity index (χ0) is 15.2. The van der Waals surface area contributed by atoms with Gasteiger partial charge in [0.1, 0.15) is 5.75 Å². The largest absolute Gasteiger partial charge is 0.484 e. The van der Waals surface area contributed by atoms with Crippen LogP contribution in [0.3, 0.4) is 0 Å². The Kier molecular flexibility index (Phi) is 5.68. The Morgan fingerprint density at radius 2 is 2.00 bits per heavy atom. The highest BCUT2D eigenvalue weighted by atomic mass is 35.5. The number of allylic oxidation sites excluding steroid dienone is 1. The van der Waals surface area contributed by atoms with E-state index in [2.05, 4.69) is 11.4 Å². The standard InChI is InChI=1S/C17H22ClNO2/c1-12-8-15(9-13(2)17(12)18)21-11-16(20)19-10-14-6-4-3-5-7-14/h6,8-9H,3-5,7,10-11H2,1-2H3,(H,19,20). The summed E-state index contributed by atoms with van der Waals surface area (Å²) in [4.78, 5) is 11.8. The molecule has 0 aromatic heterocycles. The number of hydrogen-bond donors (Lipinski definition) is 1. The van der Waals surface area contributed by atoms with Gasteiger partial charge in [-0.15, -0.1) is 0 Å². The van der Waals surface area contributed by atoms with Crippen LogP contribution in [0.4, 0.5) is 0 Å². The maximum Gasteiger partial charge on any atom is 0.258 e. The van der Waals surface area contributed by atoms with Crippen molar-refractivity contribution in [1.82, 2.24) is 5.32 Å². The molecule has 0 radical (unpaired) electrons. The summed E-state index contributed by atoms with van der Waals surface area (Å²) in [5.74, 6) is 0.591. The van der Waals surface area contributed by atoms with E-state index in [1.54, 1.807) is 0 Å². The van der Waals surface area contributed by atoms with Gasteiger partial charge in [-0.1, -0.05) is 23.3 Å². The van der Waals surface area contributed by atoms with Gasteiger partial charge < -0.3 is 10.1 Å². The molecule has 2 rings (SSSR count). The predicted molar refractivity (Wildman–Crippen MR) is 86.0 cm³/mol. The Morgan fingerprint density at radius 1 is 1.29 bits per heavy atom. The molecule has 1 aliphatic carbocycles. The number of ether oxygens (including phenoxy) is 1. The van der Waals surface area contributed by atoms with Crippen molar-refractivity contribution >= 4 is 17.5 Å². The molecule has 0 aliphatic heterocycles. The van der Waals surface area contributed by atoms with Gasteiger partial charge in [0, 0.05) is 11.6 Å². The van der Waals surface area contributed by atoms with Crippen molar-refractivity contribution in [3.05, 3.63) is 39.9 Å². The van der Waals surface area contributed by atoms with Crippen molar-refractivity contribution in [3.8, 4) is 5.75 Å². The number of nitrogens with one attached hydrogen (secondary N) is 1. The van der Waals surface area contributed by atoms with E-state index in [4.69, 9.17) is 16.3 Å². The first kappa shape index (κ1) is 15.9. The molecular weight excluding hydrogens is 286 g/mol. The molecule has 0 spiro atoms. The average molecular weight is 308 g/mol. The summed E-state index contributed by atoms with van der Waals surface area (Å²) in [5.41, 5.74) is 3.24. The molecule has 1 aromatic rings. The number of amides is 1. The second-order valence-electron chi connectivity index (χ2n) is 5.54. The van der Waals surface area contributed by atoms with Gasteiger partial charge in [0.05, 0.1) is 0 Å². The van der Waals surface area contributed by atoms with E-state index >= 15 is 0 Å². The van der Waals surface area contributed by atoms with E-state index in [0.29, 0.717) is 12.3 Å². The minimum Gasteiger partial charge on any atom is -0.484 e. The molecule has 0 saturated carbocycles. The first-order valence-corrected chi connectivity index (χ1v) is 7.78. The smallest absolute Gasteiger partial charge is 0.258 e. The van der Waals surface area contributed by atoms with Crippen LogP contribution in [0.5, 0.6) is 5.75 Å². The molecule has 0 atom stereocenters. The zero-order valence-electron chi connectivity index (χ0n) is 12.7. The molecule has 0 saturated heterocycles. The number of benzene rings is 1. The van der Waals surface area contributed by atoms with E-state index in [-0.39, 0.29) is 12.5 Å². The molecule has 3 nitrogen and oxygen atoms in total. The molecule has 0 bridgehead atoms. The number of aryl methyl sites for hydroxylation is 2. The average Bonchev–Trinajstić information content (AvgIpc) is 2.49. The summed E-state index contributed by atoms with van der Waals surface area (Å²) in [6.45, 7) is 4.53. The molecule has 0 heterocycles. The molecule has 1 aromatic carbocycles. The SMILES string of the molecule is Cc1cc(OCC(=O)NCC2=CCCCC2)cc(C)c1Cl. The monoisotopic (exact) mass is 307 g/mol. The predicted octanol–water partition coefficient (Wildman–Crippen LogP) is 3.95. The van der Waals surface area contributed by atoms with Gasteiger partial charge in [-0.05, 0) is 62.8 Å². The fourth-order valence-electron chi connectivity index (χ4n) is 2.47. The summed E-state index contributed by atoms with van der Waals surface area (Å²) in [7, 11) is 0. The van der Waals surface area contributed by atoms with Crippen LogP contribution < -0.4 is 10.1 Å². The normalized spacial score (nSPS) is 14.5. The van der Waals surface area contributed by atoms with E-state index in [9.17, 15) is 4.79 Å². The van der Waals surface area contributed by atoms with Crippen molar-refractivity contribution in [2.24, 2.45) is 0 Å². The quantitative estimate of drug-likeness (QED) is 0.836. The Morgan fingerprint density at radius 3 is 2.62 bits per heavy atom. The highest BCUT2D eigenvalue weighted by molar-refractivity contribution is 6.32. The van der Waals surface area contributed by atoms with E-state index in [0.717, 1.165) is 29.0 Å². The lowest BCUT2D eigenvalue weighted by atomic mass is 10.00. The third kappa shape index (κ3) is 4.78. The van der Waals surface area contributed by atoms with Gasteiger partial charge in [0.2, 0.25) is 0 Å². The number of carbonyl (C=O) groups is 1. The van der Waals surface area contributed by atoms with Crippen LogP contribution in [-0.2, 0) is 4.79 Å². The third-order valence-corrected chi connectivity index (χ3v) is 4.27. The number of carbonyl (C=O) groups excluding carboxylic acids is 1. The van der Waals surface area contributed by atoms with Crippen LogP contribution in [0, 0.1) is 13.8 Å². The van der Waals surface area contributed by atoms with Crippen molar-refractivity contribution in [1.29, 1.82) is 0 Å². The topological polar surface area (TPSA) is 38.3 Å². The second kappa shape index (κ2) is 7.51. The maximum absolute atomic E-state index is 11.8. The van der Waals surface area contributed by atoms with Crippen molar-refractivity contribution < 1.29 is 9.53 Å². The lowest BCUT2D eigenvalue weighted by molar-refractivity contribution is -0.122. The highest BCUT2D eigenvalue weighted by Crippen LogP contribution is 2.25. The lowest BCUT2D eigenvalue weighted by Gasteiger charge is -2.14. The first-order chi connectivity index (χ1) is 10.1. The summed E-state index contributed by atoms with van der Waals surface area (Å²) in [6, 6.07) is 3.71. The second-order valence-corrected chi connectivity index (χ2v) is 5.92. The maximum atomic E-state index is 11.8. The van der Waals surface area contributed by atoms with Crippen LogP contribution in [0.1, 0.15) is 36.8 Å². The minimum atomic E-state index is -0.0910. The van der Waals surface area contributed by atoms with Gasteiger partial charge in [-0.3, -0.25) is 4.79 Å². The zero-order valence-corrected chi connectivity index (χ0v) is 13.4. The summed E-state index contributed by atoms with van der Waals surface area (Å²) in [5, 5.41) is 3.65. The highest BCUT2D eigenvalue weighted by Gasteiger charge is 2.08. The van der Waals surface area contributed by atoms with Crippen LogP contribution in [0.25, 0.3) is 0 Å². The molecule has 0 unspecified atom stereocenters. The Labute approximate surface area is 131 Å². The van der Waals surface area contributed by atoms with Crippen molar-refractivity contribution in [2.75, 3.05) is 13.2 Å². The Hall–Kier alpha value is -1.48. The fourth-order valence-corrected chi connectivity index (χ4v) is 2.58. The molecule has 1 N–H and O–H groups in total. The summed E-state index contributed by atoms with van der Waals surface area (Å²) < 4.78 is 5.53. The molecule has 1 aliphatic rings. The third-order valence-electron chi connectivity index (χ3n) is 3.68. The lowest BCUT2D eigenvalue weighted by Crippen LogP contribution is -2.30. The van der Waals surface area contributed by atoms with Gasteiger partial charge in [0.15, 0.2) is 6.61 Å². The molecule has 4 heteroatoms. The Balaban J connectivity index is 1.80. The fraction of sp³-hybridized carbons (Fsp3) is 0.471. The van der Waals surface area contributed by atoms with Crippen molar-refractivity contribution in [3.63, 3.8) is 0 Å². The molecule has 21 heavy (non-hydrogen) atoms. The van der Waals surface area contributed by atoms with Gasteiger partial charge >= 0.3 is 0 Å².